The van der Waals surface area contributed by atoms with Gasteiger partial charge in [0.25, 0.3) is 5.91 Å². The number of imide groups is 1. The number of sulfonamides is 1. The van der Waals surface area contributed by atoms with Gasteiger partial charge in [0.05, 0.1) is 18.1 Å². The zero-order valence-electron chi connectivity index (χ0n) is 19.0. The molecule has 3 aliphatic rings. The molecular formula is C24H26N4O6S. The molecule has 0 radical (unpaired) electrons. The second kappa shape index (κ2) is 9.06. The van der Waals surface area contributed by atoms with Gasteiger partial charge < -0.3 is 15.4 Å². The number of hydrogen-bond acceptors (Lipinski definition) is 6. The van der Waals surface area contributed by atoms with Crippen LogP contribution < -0.4 is 10.6 Å². The molecule has 4 amide bonds. The van der Waals surface area contributed by atoms with Gasteiger partial charge in [0.15, 0.2) is 0 Å². The highest BCUT2D eigenvalue weighted by Gasteiger charge is 2.54. The molecule has 1 unspecified atom stereocenters. The fraction of sp³-hybridized carbons (Fsp3) is 0.375. The quantitative estimate of drug-likeness (QED) is 0.601. The minimum absolute atomic E-state index is 0.115. The van der Waals surface area contributed by atoms with E-state index in [4.69, 9.17) is 4.74 Å². The third-order valence-electron chi connectivity index (χ3n) is 6.70. The van der Waals surface area contributed by atoms with Crippen molar-refractivity contribution in [3.63, 3.8) is 0 Å². The zero-order valence-corrected chi connectivity index (χ0v) is 19.8. The molecule has 2 aromatic carbocycles. The Hall–Kier alpha value is -3.28. The van der Waals surface area contributed by atoms with Gasteiger partial charge in [-0.1, -0.05) is 24.3 Å². The Morgan fingerprint density at radius 3 is 2.51 bits per heavy atom. The number of amides is 4. The van der Waals surface area contributed by atoms with E-state index >= 15 is 0 Å². The van der Waals surface area contributed by atoms with Crippen molar-refractivity contribution >= 4 is 33.6 Å². The summed E-state index contributed by atoms with van der Waals surface area (Å²) in [5, 5.41) is 5.46. The monoisotopic (exact) mass is 498 g/mol. The molecule has 1 spiro atoms. The van der Waals surface area contributed by atoms with Crippen molar-refractivity contribution in [2.45, 2.75) is 29.7 Å². The summed E-state index contributed by atoms with van der Waals surface area (Å²) in [4.78, 5) is 39.8. The number of aryl methyl sites for hydroxylation is 1. The molecule has 2 aliphatic heterocycles. The maximum atomic E-state index is 13.3. The van der Waals surface area contributed by atoms with E-state index in [1.165, 1.54) is 28.6 Å². The second-order valence-electron chi connectivity index (χ2n) is 8.83. The first kappa shape index (κ1) is 23.5. The van der Waals surface area contributed by atoms with Crippen molar-refractivity contribution in [2.75, 3.05) is 38.2 Å². The number of urea groups is 1. The summed E-state index contributed by atoms with van der Waals surface area (Å²) in [6.07, 6.45) is 2.06. The number of carbonyl (C=O) groups excluding carboxylic acids is 3. The molecule has 2 aromatic rings. The minimum Gasteiger partial charge on any atom is -0.379 e. The summed E-state index contributed by atoms with van der Waals surface area (Å²) in [7, 11) is -3.65. The maximum absolute atomic E-state index is 13.3. The summed E-state index contributed by atoms with van der Waals surface area (Å²) in [5.74, 6) is -0.991. The number of fused-ring (bicyclic) bond motifs is 2. The Balaban J connectivity index is 1.26. The van der Waals surface area contributed by atoms with Gasteiger partial charge >= 0.3 is 6.03 Å². The van der Waals surface area contributed by atoms with Gasteiger partial charge in [-0.25, -0.2) is 13.2 Å². The molecular weight excluding hydrogens is 472 g/mol. The summed E-state index contributed by atoms with van der Waals surface area (Å²) in [6.45, 7) is 0.839. The molecule has 0 saturated carbocycles. The lowest BCUT2D eigenvalue weighted by Gasteiger charge is -2.33. The topological polar surface area (TPSA) is 125 Å². The van der Waals surface area contributed by atoms with Crippen molar-refractivity contribution in [1.29, 1.82) is 0 Å². The van der Waals surface area contributed by atoms with Crippen LogP contribution in [-0.4, -0.2) is 68.3 Å². The summed E-state index contributed by atoms with van der Waals surface area (Å²) < 4.78 is 32.1. The first-order valence-corrected chi connectivity index (χ1v) is 13.0. The number of anilines is 1. The van der Waals surface area contributed by atoms with Gasteiger partial charge in [-0.2, -0.15) is 4.31 Å². The van der Waals surface area contributed by atoms with E-state index in [9.17, 15) is 22.8 Å². The number of carbonyl (C=O) groups is 3. The van der Waals surface area contributed by atoms with Gasteiger partial charge in [0.2, 0.25) is 15.9 Å². The molecule has 5 rings (SSSR count). The number of ether oxygens (including phenoxy) is 1. The lowest BCUT2D eigenvalue weighted by molar-refractivity contribution is -0.134. The molecule has 35 heavy (non-hydrogen) atoms. The number of benzene rings is 2. The van der Waals surface area contributed by atoms with E-state index < -0.39 is 40.0 Å². The fourth-order valence-electron chi connectivity index (χ4n) is 4.95. The van der Waals surface area contributed by atoms with Crippen LogP contribution in [0.2, 0.25) is 0 Å². The SMILES string of the molecule is O=C(CN1C(=O)NC2(CCCc3ccccc32)C1=O)Nc1ccc(S(=O)(=O)N2CCOCC2)cc1. The van der Waals surface area contributed by atoms with Crippen LogP contribution in [0.15, 0.2) is 53.4 Å². The third-order valence-corrected chi connectivity index (χ3v) is 8.61. The van der Waals surface area contributed by atoms with E-state index in [0.29, 0.717) is 38.4 Å². The Morgan fingerprint density at radius 1 is 1.06 bits per heavy atom. The number of hydrogen-bond donors (Lipinski definition) is 2. The highest BCUT2D eigenvalue weighted by Crippen LogP contribution is 2.39. The highest BCUT2D eigenvalue weighted by molar-refractivity contribution is 7.89. The van der Waals surface area contributed by atoms with E-state index in [1.807, 2.05) is 24.3 Å². The highest BCUT2D eigenvalue weighted by atomic mass is 32.2. The largest absolute Gasteiger partial charge is 0.379 e. The Labute approximate surface area is 203 Å². The lowest BCUT2D eigenvalue weighted by atomic mass is 9.76. The fourth-order valence-corrected chi connectivity index (χ4v) is 6.35. The van der Waals surface area contributed by atoms with Crippen molar-refractivity contribution in [3.8, 4) is 0 Å². The normalized spacial score (nSPS) is 22.7. The van der Waals surface area contributed by atoms with Gasteiger partial charge in [0.1, 0.15) is 12.1 Å². The first-order chi connectivity index (χ1) is 16.8. The van der Waals surface area contributed by atoms with Crippen LogP contribution in [0.25, 0.3) is 0 Å². The summed E-state index contributed by atoms with van der Waals surface area (Å²) in [5.41, 5.74) is 1.03. The molecule has 2 heterocycles. The average molecular weight is 499 g/mol. The molecule has 10 nitrogen and oxygen atoms in total. The van der Waals surface area contributed by atoms with Crippen molar-refractivity contribution in [2.24, 2.45) is 0 Å². The van der Waals surface area contributed by atoms with E-state index in [0.717, 1.165) is 28.9 Å². The van der Waals surface area contributed by atoms with Crippen LogP contribution in [0.4, 0.5) is 10.5 Å². The van der Waals surface area contributed by atoms with Crippen LogP contribution in [0.5, 0.6) is 0 Å². The standard InChI is InChI=1S/C24H26N4O6S/c29-21(25-18-7-9-19(10-8-18)35(32,33)27-12-14-34-15-13-27)16-28-22(30)24(26-23(28)31)11-3-5-17-4-1-2-6-20(17)24/h1-2,4,6-10H,3,5,11-16H2,(H,25,29)(H,26,31). The molecule has 0 bridgehead atoms. The van der Waals surface area contributed by atoms with E-state index in [2.05, 4.69) is 10.6 Å². The number of morpholine rings is 1. The minimum atomic E-state index is -3.65. The third kappa shape index (κ3) is 4.19. The van der Waals surface area contributed by atoms with Crippen LogP contribution in [0.1, 0.15) is 24.0 Å². The number of rotatable bonds is 5. The average Bonchev–Trinajstić information content (AvgIpc) is 3.09. The van der Waals surface area contributed by atoms with Crippen molar-refractivity contribution in [3.05, 3.63) is 59.7 Å². The molecule has 2 N–H and O–H groups in total. The summed E-state index contributed by atoms with van der Waals surface area (Å²) in [6, 6.07) is 12.7. The Morgan fingerprint density at radius 2 is 1.77 bits per heavy atom. The predicted octanol–water partition coefficient (Wildman–Crippen LogP) is 1.43. The molecule has 11 heteroatoms. The molecule has 184 valence electrons. The molecule has 2 fully saturated rings. The Kier molecular flexibility index (Phi) is 6.07. The first-order valence-electron chi connectivity index (χ1n) is 11.5. The van der Waals surface area contributed by atoms with Gasteiger partial charge in [-0.15, -0.1) is 0 Å². The van der Waals surface area contributed by atoms with Crippen LogP contribution in [-0.2, 0) is 36.3 Å². The zero-order chi connectivity index (χ0) is 24.6. The van der Waals surface area contributed by atoms with Crippen LogP contribution >= 0.6 is 0 Å². The van der Waals surface area contributed by atoms with Gasteiger partial charge in [-0.3, -0.25) is 14.5 Å². The smallest absolute Gasteiger partial charge is 0.325 e. The molecule has 0 aromatic heterocycles. The van der Waals surface area contributed by atoms with E-state index in [-0.39, 0.29) is 4.90 Å². The second-order valence-corrected chi connectivity index (χ2v) is 10.8. The predicted molar refractivity (Wildman–Crippen MR) is 126 cm³/mol. The van der Waals surface area contributed by atoms with Crippen molar-refractivity contribution < 1.29 is 27.5 Å². The van der Waals surface area contributed by atoms with Gasteiger partial charge in [-0.05, 0) is 54.7 Å². The molecule has 2 saturated heterocycles. The summed E-state index contributed by atoms with van der Waals surface area (Å²) >= 11 is 0. The van der Waals surface area contributed by atoms with Crippen LogP contribution in [0.3, 0.4) is 0 Å². The molecule has 1 atom stereocenters. The maximum Gasteiger partial charge on any atom is 0.325 e. The van der Waals surface area contributed by atoms with E-state index in [1.54, 1.807) is 0 Å². The number of nitrogens with one attached hydrogen (secondary N) is 2. The Bertz CT molecular complexity index is 1270. The van der Waals surface area contributed by atoms with Crippen LogP contribution in [0, 0.1) is 0 Å². The molecule has 1 aliphatic carbocycles. The van der Waals surface area contributed by atoms with Crippen molar-refractivity contribution in [1.82, 2.24) is 14.5 Å². The lowest BCUT2D eigenvalue weighted by Crippen LogP contribution is -2.47. The van der Waals surface area contributed by atoms with Gasteiger partial charge in [0, 0.05) is 18.8 Å². The number of nitrogens with zero attached hydrogens (tertiary/aromatic N) is 2.